The van der Waals surface area contributed by atoms with Crippen molar-refractivity contribution >= 4 is 10.0 Å². The molecular formula is C14H15NO6S. The molecule has 0 unspecified atom stereocenters. The third-order valence-corrected chi connectivity index (χ3v) is 4.64. The van der Waals surface area contributed by atoms with Gasteiger partial charge in [-0.3, -0.25) is 0 Å². The van der Waals surface area contributed by atoms with Crippen LogP contribution in [0.2, 0.25) is 0 Å². The van der Waals surface area contributed by atoms with Gasteiger partial charge in [0.05, 0.1) is 23.5 Å². The highest BCUT2D eigenvalue weighted by Crippen LogP contribution is 2.32. The van der Waals surface area contributed by atoms with E-state index >= 15 is 0 Å². The standard InChI is InChI=1S/C14H15NO6S/c16-12(10-3-4-19-9-10)8-15-22(17,18)11-1-2-13-14(7-11)21-6-5-20-13/h1-4,7,9,12,15-16H,5-6,8H2/t12-/m1/s1. The van der Waals surface area contributed by atoms with E-state index < -0.39 is 16.1 Å². The second kappa shape index (κ2) is 5.99. The first-order valence-corrected chi connectivity index (χ1v) is 8.14. The van der Waals surface area contributed by atoms with Crippen molar-refractivity contribution in [1.82, 2.24) is 4.72 Å². The molecule has 8 heteroatoms. The molecule has 1 aromatic heterocycles. The number of aliphatic hydroxyl groups is 1. The number of aliphatic hydroxyl groups excluding tert-OH is 1. The molecule has 0 saturated carbocycles. The maximum Gasteiger partial charge on any atom is 0.240 e. The highest BCUT2D eigenvalue weighted by Gasteiger charge is 2.20. The lowest BCUT2D eigenvalue weighted by atomic mass is 10.2. The van der Waals surface area contributed by atoms with Gasteiger partial charge >= 0.3 is 0 Å². The van der Waals surface area contributed by atoms with Crippen LogP contribution < -0.4 is 14.2 Å². The molecule has 0 spiro atoms. The monoisotopic (exact) mass is 325 g/mol. The van der Waals surface area contributed by atoms with Gasteiger partial charge in [-0.15, -0.1) is 0 Å². The van der Waals surface area contributed by atoms with Crippen LogP contribution in [0.15, 0.2) is 46.1 Å². The number of ether oxygens (including phenoxy) is 2. The van der Waals surface area contributed by atoms with Crippen molar-refractivity contribution < 1.29 is 27.4 Å². The zero-order valence-electron chi connectivity index (χ0n) is 11.6. The Kier molecular flexibility index (Phi) is 4.06. The summed E-state index contributed by atoms with van der Waals surface area (Å²) in [6.07, 6.45) is 1.79. The van der Waals surface area contributed by atoms with Gasteiger partial charge in [0, 0.05) is 18.2 Å². The van der Waals surface area contributed by atoms with E-state index in [1.807, 2.05) is 0 Å². The van der Waals surface area contributed by atoms with Crippen LogP contribution in [-0.4, -0.2) is 33.3 Å². The molecule has 1 aromatic carbocycles. The van der Waals surface area contributed by atoms with Crippen LogP contribution in [0.25, 0.3) is 0 Å². The van der Waals surface area contributed by atoms with Gasteiger partial charge in [0.2, 0.25) is 10.0 Å². The summed E-state index contributed by atoms with van der Waals surface area (Å²) in [6, 6.07) is 5.96. The third-order valence-electron chi connectivity index (χ3n) is 3.22. The van der Waals surface area contributed by atoms with E-state index in [4.69, 9.17) is 13.9 Å². The van der Waals surface area contributed by atoms with Gasteiger partial charge in [-0.1, -0.05) is 0 Å². The fraction of sp³-hybridized carbons (Fsp3) is 0.286. The number of furan rings is 1. The average Bonchev–Trinajstić information content (AvgIpc) is 3.07. The smallest absolute Gasteiger partial charge is 0.240 e. The van der Waals surface area contributed by atoms with E-state index in [0.29, 0.717) is 30.3 Å². The Bertz CT molecular complexity index is 741. The number of fused-ring (bicyclic) bond motifs is 1. The predicted molar refractivity (Wildman–Crippen MR) is 76.3 cm³/mol. The van der Waals surface area contributed by atoms with Crippen molar-refractivity contribution in [1.29, 1.82) is 0 Å². The van der Waals surface area contributed by atoms with Gasteiger partial charge in [-0.05, 0) is 18.2 Å². The van der Waals surface area contributed by atoms with E-state index in [0.717, 1.165) is 0 Å². The lowest BCUT2D eigenvalue weighted by Gasteiger charge is -2.19. The van der Waals surface area contributed by atoms with Crippen LogP contribution in [0.4, 0.5) is 0 Å². The maximum absolute atomic E-state index is 12.2. The van der Waals surface area contributed by atoms with Gasteiger partial charge in [-0.2, -0.15) is 0 Å². The molecule has 1 aliphatic rings. The van der Waals surface area contributed by atoms with Crippen molar-refractivity contribution in [3.05, 3.63) is 42.4 Å². The molecule has 1 atom stereocenters. The maximum atomic E-state index is 12.2. The number of nitrogens with one attached hydrogen (secondary N) is 1. The fourth-order valence-corrected chi connectivity index (χ4v) is 3.10. The third kappa shape index (κ3) is 3.08. The predicted octanol–water partition coefficient (Wildman–Crippen LogP) is 1.06. The molecule has 0 saturated heterocycles. The summed E-state index contributed by atoms with van der Waals surface area (Å²) in [5.74, 6) is 0.910. The van der Waals surface area contributed by atoms with Crippen molar-refractivity contribution in [2.24, 2.45) is 0 Å². The van der Waals surface area contributed by atoms with Gasteiger partial charge in [0.15, 0.2) is 11.5 Å². The first-order chi connectivity index (χ1) is 10.6. The SMILES string of the molecule is O=S(=O)(NC[C@@H](O)c1ccoc1)c1ccc2c(c1)OCCO2. The van der Waals surface area contributed by atoms with Gasteiger partial charge in [-0.25, -0.2) is 13.1 Å². The molecule has 0 aliphatic carbocycles. The van der Waals surface area contributed by atoms with Crippen molar-refractivity contribution in [2.75, 3.05) is 19.8 Å². The minimum atomic E-state index is -3.76. The second-order valence-electron chi connectivity index (χ2n) is 4.73. The topological polar surface area (TPSA) is 98.0 Å². The molecule has 118 valence electrons. The van der Waals surface area contributed by atoms with E-state index in [2.05, 4.69) is 4.72 Å². The molecule has 0 fully saturated rings. The van der Waals surface area contributed by atoms with E-state index in [1.165, 1.54) is 24.7 Å². The summed E-state index contributed by atoms with van der Waals surface area (Å²) in [7, 11) is -3.76. The van der Waals surface area contributed by atoms with Gasteiger partial charge in [0.25, 0.3) is 0 Å². The summed E-state index contributed by atoms with van der Waals surface area (Å²) in [4.78, 5) is 0.0520. The first-order valence-electron chi connectivity index (χ1n) is 6.66. The Morgan fingerprint density at radius 1 is 1.18 bits per heavy atom. The zero-order chi connectivity index (χ0) is 15.6. The van der Waals surface area contributed by atoms with Crippen LogP contribution in [0.3, 0.4) is 0 Å². The molecule has 7 nitrogen and oxygen atoms in total. The summed E-state index contributed by atoms with van der Waals surface area (Å²) < 4.78 is 42.4. The number of sulfonamides is 1. The van der Waals surface area contributed by atoms with E-state index in [1.54, 1.807) is 12.1 Å². The number of hydrogen-bond donors (Lipinski definition) is 2. The van der Waals surface area contributed by atoms with Crippen LogP contribution in [0.1, 0.15) is 11.7 Å². The lowest BCUT2D eigenvalue weighted by Crippen LogP contribution is -2.28. The first kappa shape index (κ1) is 14.9. The highest BCUT2D eigenvalue weighted by molar-refractivity contribution is 7.89. The van der Waals surface area contributed by atoms with Crippen molar-refractivity contribution in [3.8, 4) is 11.5 Å². The van der Waals surface area contributed by atoms with Crippen molar-refractivity contribution in [2.45, 2.75) is 11.0 Å². The molecule has 0 amide bonds. The summed E-state index contributed by atoms with van der Waals surface area (Å²) in [5, 5.41) is 9.88. The Morgan fingerprint density at radius 3 is 2.68 bits per heavy atom. The second-order valence-corrected chi connectivity index (χ2v) is 6.50. The number of benzene rings is 1. The summed E-state index contributed by atoms with van der Waals surface area (Å²) in [5.41, 5.74) is 0.505. The number of rotatable bonds is 5. The number of hydrogen-bond acceptors (Lipinski definition) is 6. The summed E-state index contributed by atoms with van der Waals surface area (Å²) >= 11 is 0. The molecule has 3 rings (SSSR count). The zero-order valence-corrected chi connectivity index (χ0v) is 12.4. The minimum Gasteiger partial charge on any atom is -0.486 e. The minimum absolute atomic E-state index is 0.0520. The molecule has 2 N–H and O–H groups in total. The van der Waals surface area contributed by atoms with Crippen LogP contribution in [-0.2, 0) is 10.0 Å². The molecule has 2 aromatic rings. The Morgan fingerprint density at radius 2 is 1.95 bits per heavy atom. The van der Waals surface area contributed by atoms with Gasteiger partial charge < -0.3 is 19.0 Å². The van der Waals surface area contributed by atoms with E-state index in [9.17, 15) is 13.5 Å². The highest BCUT2D eigenvalue weighted by atomic mass is 32.2. The molecule has 1 aliphatic heterocycles. The van der Waals surface area contributed by atoms with Crippen LogP contribution in [0, 0.1) is 0 Å². The van der Waals surface area contributed by atoms with Crippen LogP contribution in [0.5, 0.6) is 11.5 Å². The Balaban J connectivity index is 1.72. The van der Waals surface area contributed by atoms with Crippen molar-refractivity contribution in [3.63, 3.8) is 0 Å². The normalized spacial score (nSPS) is 15.5. The molecule has 2 heterocycles. The largest absolute Gasteiger partial charge is 0.486 e. The molecule has 0 bridgehead atoms. The molecular weight excluding hydrogens is 310 g/mol. The molecule has 22 heavy (non-hydrogen) atoms. The Labute approximate surface area is 127 Å². The van der Waals surface area contributed by atoms with E-state index in [-0.39, 0.29) is 11.4 Å². The molecule has 0 radical (unpaired) electrons. The van der Waals surface area contributed by atoms with Crippen LogP contribution >= 0.6 is 0 Å². The van der Waals surface area contributed by atoms with Gasteiger partial charge in [0.1, 0.15) is 13.2 Å². The summed E-state index contributed by atoms with van der Waals surface area (Å²) in [6.45, 7) is 0.660. The quantitative estimate of drug-likeness (QED) is 0.853. The Hall–Kier alpha value is -2.03. The lowest BCUT2D eigenvalue weighted by molar-refractivity contribution is 0.171. The fourth-order valence-electron chi connectivity index (χ4n) is 2.05. The average molecular weight is 325 g/mol.